The van der Waals surface area contributed by atoms with Crippen molar-refractivity contribution in [3.8, 4) is 11.3 Å². The number of furan rings is 2. The first kappa shape index (κ1) is 15.1. The minimum Gasteiger partial charge on any atom is -0.467 e. The second-order valence-corrected chi connectivity index (χ2v) is 5.73. The minimum atomic E-state index is -0.653. The number of hydrogen-bond acceptors (Lipinski definition) is 5. The number of fused-ring (bicyclic) bond motifs is 3. The molecule has 1 aliphatic carbocycles. The van der Waals surface area contributed by atoms with Crippen LogP contribution in [0, 0.1) is 6.92 Å². The van der Waals surface area contributed by atoms with Crippen LogP contribution >= 0.6 is 0 Å². The van der Waals surface area contributed by atoms with Crippen LogP contribution in [-0.4, -0.2) is 17.5 Å². The standard InChI is InChI=1S/C19H13NO5/c1-10-14-16(22)15(21)12-6-2-3-7-13(12)18(14)25-17(10)19(23)20-9-11-5-4-8-24-11/h2-8H,9H2,1H3,(H,20,23). The minimum absolute atomic E-state index is 0.0226. The number of Topliss-reactive ketones (excluding diaryl/α,β-unsaturated/α-hetero) is 2. The van der Waals surface area contributed by atoms with E-state index in [9.17, 15) is 14.4 Å². The predicted octanol–water partition coefficient (Wildman–Crippen LogP) is 3.16. The van der Waals surface area contributed by atoms with E-state index >= 15 is 0 Å². The fourth-order valence-corrected chi connectivity index (χ4v) is 2.97. The summed E-state index contributed by atoms with van der Waals surface area (Å²) < 4.78 is 10.9. The first-order valence-electron chi connectivity index (χ1n) is 7.70. The van der Waals surface area contributed by atoms with Gasteiger partial charge in [-0.1, -0.05) is 24.3 Å². The van der Waals surface area contributed by atoms with E-state index in [1.807, 2.05) is 0 Å². The molecule has 2 aromatic heterocycles. The molecule has 0 fully saturated rings. The van der Waals surface area contributed by atoms with Crippen LogP contribution in [0.3, 0.4) is 0 Å². The Morgan fingerprint density at radius 2 is 1.80 bits per heavy atom. The van der Waals surface area contributed by atoms with Crippen LogP contribution in [0.2, 0.25) is 0 Å². The zero-order valence-corrected chi connectivity index (χ0v) is 13.3. The lowest BCUT2D eigenvalue weighted by Crippen LogP contribution is -2.23. The lowest BCUT2D eigenvalue weighted by atomic mass is 9.87. The first-order valence-corrected chi connectivity index (χ1v) is 7.70. The molecule has 6 nitrogen and oxygen atoms in total. The number of ketones is 2. The van der Waals surface area contributed by atoms with Gasteiger partial charge in [0.05, 0.1) is 18.4 Å². The Bertz CT molecular complexity index is 1010. The van der Waals surface area contributed by atoms with Crippen LogP contribution in [0.25, 0.3) is 11.3 Å². The Kier molecular flexibility index (Phi) is 3.39. The summed E-state index contributed by atoms with van der Waals surface area (Å²) in [5.74, 6) is -0.829. The highest BCUT2D eigenvalue weighted by molar-refractivity contribution is 6.53. The van der Waals surface area contributed by atoms with Crippen molar-refractivity contribution >= 4 is 17.5 Å². The number of benzene rings is 1. The fraction of sp³-hybridized carbons (Fsp3) is 0.105. The normalized spacial score (nSPS) is 12.7. The molecule has 1 aromatic carbocycles. The van der Waals surface area contributed by atoms with Crippen LogP contribution in [0.4, 0.5) is 0 Å². The van der Waals surface area contributed by atoms with Gasteiger partial charge in [0.1, 0.15) is 11.5 Å². The molecule has 0 saturated carbocycles. The zero-order valence-electron chi connectivity index (χ0n) is 13.3. The van der Waals surface area contributed by atoms with Crippen molar-refractivity contribution in [1.29, 1.82) is 0 Å². The Balaban J connectivity index is 1.74. The summed E-state index contributed by atoms with van der Waals surface area (Å²) in [5, 5.41) is 2.68. The van der Waals surface area contributed by atoms with Crippen LogP contribution in [0.15, 0.2) is 51.5 Å². The van der Waals surface area contributed by atoms with E-state index in [4.69, 9.17) is 8.83 Å². The Morgan fingerprint density at radius 3 is 2.52 bits per heavy atom. The molecule has 3 aromatic rings. The quantitative estimate of drug-likeness (QED) is 0.743. The fourth-order valence-electron chi connectivity index (χ4n) is 2.97. The number of nitrogens with one attached hydrogen (secondary N) is 1. The Labute approximate surface area is 142 Å². The van der Waals surface area contributed by atoms with E-state index in [0.29, 0.717) is 16.9 Å². The third-order valence-corrected chi connectivity index (χ3v) is 4.21. The second-order valence-electron chi connectivity index (χ2n) is 5.73. The molecule has 4 rings (SSSR count). The number of carbonyl (C=O) groups is 3. The SMILES string of the molecule is Cc1c(C(=O)NCc2ccco2)oc2c1C(=O)C(=O)c1ccccc1-2. The summed E-state index contributed by atoms with van der Waals surface area (Å²) in [5.41, 5.74) is 1.33. The molecule has 25 heavy (non-hydrogen) atoms. The maximum Gasteiger partial charge on any atom is 0.287 e. The average Bonchev–Trinajstić information content (AvgIpc) is 3.25. The van der Waals surface area contributed by atoms with E-state index in [1.165, 1.54) is 6.26 Å². The van der Waals surface area contributed by atoms with E-state index in [2.05, 4.69) is 5.32 Å². The monoisotopic (exact) mass is 335 g/mol. The molecule has 0 spiro atoms. The van der Waals surface area contributed by atoms with Gasteiger partial charge in [0.2, 0.25) is 11.6 Å². The van der Waals surface area contributed by atoms with E-state index in [1.54, 1.807) is 43.3 Å². The van der Waals surface area contributed by atoms with Gasteiger partial charge in [0, 0.05) is 16.7 Å². The molecule has 1 N–H and O–H groups in total. The number of hydrogen-bond donors (Lipinski definition) is 1. The first-order chi connectivity index (χ1) is 12.1. The van der Waals surface area contributed by atoms with Crippen molar-refractivity contribution < 1.29 is 23.2 Å². The van der Waals surface area contributed by atoms with E-state index in [0.717, 1.165) is 0 Å². The Hall–Kier alpha value is -3.41. The maximum atomic E-state index is 12.4. The molecule has 6 heteroatoms. The van der Waals surface area contributed by atoms with Crippen molar-refractivity contribution in [3.63, 3.8) is 0 Å². The zero-order chi connectivity index (χ0) is 17.6. The average molecular weight is 335 g/mol. The third-order valence-electron chi connectivity index (χ3n) is 4.21. The second kappa shape index (κ2) is 5.59. The highest BCUT2D eigenvalue weighted by Gasteiger charge is 2.37. The molecule has 0 bridgehead atoms. The van der Waals surface area contributed by atoms with Gasteiger partial charge in [-0.05, 0) is 19.1 Å². The molecule has 1 aliphatic rings. The van der Waals surface area contributed by atoms with Crippen LogP contribution < -0.4 is 5.32 Å². The van der Waals surface area contributed by atoms with Crippen molar-refractivity contribution in [2.24, 2.45) is 0 Å². The molecule has 124 valence electrons. The van der Waals surface area contributed by atoms with Gasteiger partial charge in [-0.25, -0.2) is 0 Å². The van der Waals surface area contributed by atoms with Crippen LogP contribution in [-0.2, 0) is 6.54 Å². The number of amides is 1. The third kappa shape index (κ3) is 2.30. The van der Waals surface area contributed by atoms with Gasteiger partial charge in [-0.15, -0.1) is 0 Å². The van der Waals surface area contributed by atoms with Gasteiger partial charge in [-0.2, -0.15) is 0 Å². The molecule has 0 radical (unpaired) electrons. The molecule has 0 aliphatic heterocycles. The summed E-state index contributed by atoms with van der Waals surface area (Å²) in [6, 6.07) is 10.2. The smallest absolute Gasteiger partial charge is 0.287 e. The predicted molar refractivity (Wildman–Crippen MR) is 87.4 cm³/mol. The topological polar surface area (TPSA) is 89.5 Å². The highest BCUT2D eigenvalue weighted by Crippen LogP contribution is 2.38. The molecular formula is C19H13NO5. The molecule has 0 saturated heterocycles. The van der Waals surface area contributed by atoms with Gasteiger partial charge in [-0.3, -0.25) is 14.4 Å². The van der Waals surface area contributed by atoms with Crippen LogP contribution in [0.1, 0.15) is 42.6 Å². The van der Waals surface area contributed by atoms with Crippen molar-refractivity contribution in [2.75, 3.05) is 0 Å². The van der Waals surface area contributed by atoms with Gasteiger partial charge >= 0.3 is 0 Å². The molecule has 2 heterocycles. The van der Waals surface area contributed by atoms with Crippen molar-refractivity contribution in [1.82, 2.24) is 5.32 Å². The molecule has 0 unspecified atom stereocenters. The summed E-state index contributed by atoms with van der Waals surface area (Å²) in [7, 11) is 0. The van der Waals surface area contributed by atoms with Crippen molar-refractivity contribution in [2.45, 2.75) is 13.5 Å². The summed E-state index contributed by atoms with van der Waals surface area (Å²) in [4.78, 5) is 37.1. The lowest BCUT2D eigenvalue weighted by molar-refractivity contribution is 0.0814. The van der Waals surface area contributed by atoms with Gasteiger partial charge in [0.15, 0.2) is 5.76 Å². The number of rotatable bonds is 3. The lowest BCUT2D eigenvalue weighted by Gasteiger charge is -2.12. The van der Waals surface area contributed by atoms with Crippen LogP contribution in [0.5, 0.6) is 0 Å². The van der Waals surface area contributed by atoms with E-state index < -0.39 is 17.5 Å². The number of carbonyl (C=O) groups excluding carboxylic acids is 3. The summed E-state index contributed by atoms with van der Waals surface area (Å²) in [6.45, 7) is 1.79. The van der Waals surface area contributed by atoms with Crippen molar-refractivity contribution in [3.05, 3.63) is 70.9 Å². The summed E-state index contributed by atoms with van der Waals surface area (Å²) in [6.07, 6.45) is 1.51. The highest BCUT2D eigenvalue weighted by atomic mass is 16.4. The van der Waals surface area contributed by atoms with Gasteiger partial charge < -0.3 is 14.2 Å². The summed E-state index contributed by atoms with van der Waals surface area (Å²) >= 11 is 0. The van der Waals surface area contributed by atoms with E-state index in [-0.39, 0.29) is 29.2 Å². The van der Waals surface area contributed by atoms with Gasteiger partial charge in [0.25, 0.3) is 5.91 Å². The maximum absolute atomic E-state index is 12.4. The molecule has 1 amide bonds. The Morgan fingerprint density at radius 1 is 1.04 bits per heavy atom. The largest absolute Gasteiger partial charge is 0.467 e. The molecule has 0 atom stereocenters. The molecular weight excluding hydrogens is 322 g/mol.